The van der Waals surface area contributed by atoms with Gasteiger partial charge in [-0.2, -0.15) is 4.31 Å². The van der Waals surface area contributed by atoms with Crippen molar-refractivity contribution in [2.24, 2.45) is 11.8 Å². The average Bonchev–Trinajstić information content (AvgIpc) is 2.82. The van der Waals surface area contributed by atoms with Crippen molar-refractivity contribution in [2.75, 3.05) is 45.9 Å². The van der Waals surface area contributed by atoms with Crippen LogP contribution in [0.25, 0.3) is 0 Å². The molecule has 0 atom stereocenters. The molecule has 2 amide bonds. The molecule has 1 aromatic carbocycles. The van der Waals surface area contributed by atoms with Gasteiger partial charge < -0.3 is 14.5 Å². The van der Waals surface area contributed by atoms with Crippen LogP contribution < -0.4 is 0 Å². The molecule has 2 aliphatic heterocycles. The third-order valence-corrected chi connectivity index (χ3v) is 8.29. The number of carbonyl (C=O) groups excluding carboxylic acids is 2. The van der Waals surface area contributed by atoms with E-state index < -0.39 is 10.0 Å². The quantitative estimate of drug-likeness (QED) is 0.626. The van der Waals surface area contributed by atoms with Gasteiger partial charge in [-0.25, -0.2) is 13.2 Å². The van der Waals surface area contributed by atoms with E-state index in [1.165, 1.54) is 4.31 Å². The summed E-state index contributed by atoms with van der Waals surface area (Å²) in [5, 5.41) is 0. The van der Waals surface area contributed by atoms with E-state index in [1.807, 2.05) is 26.0 Å². The molecule has 2 aliphatic rings. The van der Waals surface area contributed by atoms with Crippen molar-refractivity contribution in [3.63, 3.8) is 0 Å². The minimum absolute atomic E-state index is 0.0588. The van der Waals surface area contributed by atoms with Crippen LogP contribution >= 0.6 is 0 Å². The number of rotatable bonds is 6. The maximum atomic E-state index is 13.0. The summed E-state index contributed by atoms with van der Waals surface area (Å²) in [7, 11) is -3.56. The van der Waals surface area contributed by atoms with E-state index in [4.69, 9.17) is 4.74 Å². The largest absolute Gasteiger partial charge is 0.449 e. The number of benzene rings is 1. The first kappa shape index (κ1) is 25.5. The highest BCUT2D eigenvalue weighted by Crippen LogP contribution is 2.26. The summed E-state index contributed by atoms with van der Waals surface area (Å²) in [6, 6.07) is 7.08. The number of nitrogens with zero attached hydrogens (tertiary/aromatic N) is 3. The summed E-state index contributed by atoms with van der Waals surface area (Å²) in [5.41, 5.74) is 1.10. The van der Waals surface area contributed by atoms with E-state index in [9.17, 15) is 18.0 Å². The minimum Gasteiger partial charge on any atom is -0.449 e. The SMILES string of the molecule is CC(C)COC(=O)N1CCN(C(=O)C2CCN(S(=O)(=O)c3ccc(C(C)C)cc3)CC2)CC1. The van der Waals surface area contributed by atoms with Crippen molar-refractivity contribution in [1.82, 2.24) is 14.1 Å². The number of carbonyl (C=O) groups is 2. The molecule has 33 heavy (non-hydrogen) atoms. The summed E-state index contributed by atoms with van der Waals surface area (Å²) in [6.07, 6.45) is 0.702. The highest BCUT2D eigenvalue weighted by Gasteiger charge is 2.35. The Morgan fingerprint density at radius 3 is 1.97 bits per heavy atom. The van der Waals surface area contributed by atoms with Gasteiger partial charge in [0.1, 0.15) is 0 Å². The molecule has 2 heterocycles. The lowest BCUT2D eigenvalue weighted by Crippen LogP contribution is -2.53. The Hall–Kier alpha value is -2.13. The molecule has 0 bridgehead atoms. The number of hydrogen-bond acceptors (Lipinski definition) is 5. The number of amides is 2. The Morgan fingerprint density at radius 2 is 1.45 bits per heavy atom. The van der Waals surface area contributed by atoms with Crippen molar-refractivity contribution in [2.45, 2.75) is 51.3 Å². The normalized spacial score (nSPS) is 18.7. The molecule has 0 aliphatic carbocycles. The first-order chi connectivity index (χ1) is 15.6. The molecule has 0 radical (unpaired) electrons. The van der Waals surface area contributed by atoms with Gasteiger partial charge in [-0.3, -0.25) is 4.79 Å². The second-order valence-electron chi connectivity index (χ2n) is 9.69. The molecule has 9 heteroatoms. The average molecular weight is 480 g/mol. The van der Waals surface area contributed by atoms with E-state index in [2.05, 4.69) is 13.8 Å². The maximum absolute atomic E-state index is 13.0. The van der Waals surface area contributed by atoms with Crippen molar-refractivity contribution < 1.29 is 22.7 Å². The standard InChI is InChI=1S/C24H37N3O5S/c1-18(2)17-32-24(29)26-15-13-25(14-16-26)23(28)21-9-11-27(12-10-21)33(30,31)22-7-5-20(6-8-22)19(3)4/h5-8,18-19,21H,9-17H2,1-4H3. The molecule has 2 fully saturated rings. The number of hydrogen-bond donors (Lipinski definition) is 0. The zero-order chi connectivity index (χ0) is 24.2. The summed E-state index contributed by atoms with van der Waals surface area (Å²) in [6.45, 7) is 11.1. The molecular formula is C24H37N3O5S. The van der Waals surface area contributed by atoms with E-state index >= 15 is 0 Å². The Labute approximate surface area is 197 Å². The van der Waals surface area contributed by atoms with Crippen molar-refractivity contribution >= 4 is 22.0 Å². The molecule has 8 nitrogen and oxygen atoms in total. The van der Waals surface area contributed by atoms with Gasteiger partial charge in [0.2, 0.25) is 15.9 Å². The Morgan fingerprint density at radius 1 is 0.909 bits per heavy atom. The van der Waals surface area contributed by atoms with Crippen molar-refractivity contribution in [3.05, 3.63) is 29.8 Å². The molecule has 0 spiro atoms. The summed E-state index contributed by atoms with van der Waals surface area (Å²) in [5.74, 6) is 0.504. The van der Waals surface area contributed by atoms with Crippen LogP contribution in [0.3, 0.4) is 0 Å². The Balaban J connectivity index is 1.49. The van der Waals surface area contributed by atoms with Crippen LogP contribution in [0.15, 0.2) is 29.2 Å². The molecule has 0 N–H and O–H groups in total. The third kappa shape index (κ3) is 6.26. The van der Waals surface area contributed by atoms with Crippen LogP contribution in [0.5, 0.6) is 0 Å². The number of piperidine rings is 1. The minimum atomic E-state index is -3.56. The molecule has 0 unspecified atom stereocenters. The topological polar surface area (TPSA) is 87.2 Å². The van der Waals surface area contributed by atoms with Crippen LogP contribution in [0.4, 0.5) is 4.79 Å². The number of ether oxygens (including phenoxy) is 1. The predicted molar refractivity (Wildman–Crippen MR) is 126 cm³/mol. The smallest absolute Gasteiger partial charge is 0.409 e. The zero-order valence-electron chi connectivity index (χ0n) is 20.2. The van der Waals surface area contributed by atoms with Crippen LogP contribution in [0, 0.1) is 11.8 Å². The zero-order valence-corrected chi connectivity index (χ0v) is 21.0. The van der Waals surface area contributed by atoms with Crippen LogP contribution in [0.2, 0.25) is 0 Å². The number of piperazine rings is 1. The second kappa shape index (κ2) is 10.9. The van der Waals surface area contributed by atoms with Gasteiger partial charge in [0.05, 0.1) is 11.5 Å². The van der Waals surface area contributed by atoms with Crippen LogP contribution in [-0.2, 0) is 19.6 Å². The van der Waals surface area contributed by atoms with Gasteiger partial charge in [0, 0.05) is 45.2 Å². The molecule has 0 aromatic heterocycles. The van der Waals surface area contributed by atoms with Gasteiger partial charge in [-0.05, 0) is 42.4 Å². The predicted octanol–water partition coefficient (Wildman–Crippen LogP) is 3.15. The molecule has 1 aromatic rings. The van der Waals surface area contributed by atoms with Crippen LogP contribution in [-0.4, -0.2) is 80.4 Å². The maximum Gasteiger partial charge on any atom is 0.409 e. The van der Waals surface area contributed by atoms with Crippen LogP contribution in [0.1, 0.15) is 52.0 Å². The highest BCUT2D eigenvalue weighted by atomic mass is 32.2. The van der Waals surface area contributed by atoms with Gasteiger partial charge in [-0.15, -0.1) is 0 Å². The monoisotopic (exact) mass is 479 g/mol. The van der Waals surface area contributed by atoms with Gasteiger partial charge in [0.25, 0.3) is 0 Å². The molecule has 0 saturated carbocycles. The summed E-state index contributed by atoms with van der Waals surface area (Å²) in [4.78, 5) is 28.9. The molecule has 2 saturated heterocycles. The molecule has 3 rings (SSSR count). The van der Waals surface area contributed by atoms with E-state index in [-0.39, 0.29) is 23.8 Å². The van der Waals surface area contributed by atoms with E-state index in [1.54, 1.807) is 21.9 Å². The van der Waals surface area contributed by atoms with E-state index in [0.29, 0.717) is 69.5 Å². The summed E-state index contributed by atoms with van der Waals surface area (Å²) < 4.78 is 32.8. The van der Waals surface area contributed by atoms with Crippen molar-refractivity contribution in [3.8, 4) is 0 Å². The fourth-order valence-corrected chi connectivity index (χ4v) is 5.68. The lowest BCUT2D eigenvalue weighted by Gasteiger charge is -2.38. The first-order valence-electron chi connectivity index (χ1n) is 11.9. The van der Waals surface area contributed by atoms with Gasteiger partial charge >= 0.3 is 6.09 Å². The highest BCUT2D eigenvalue weighted by molar-refractivity contribution is 7.89. The number of sulfonamides is 1. The van der Waals surface area contributed by atoms with E-state index in [0.717, 1.165) is 5.56 Å². The first-order valence-corrected chi connectivity index (χ1v) is 13.3. The Bertz CT molecular complexity index is 914. The third-order valence-electron chi connectivity index (χ3n) is 6.38. The second-order valence-corrected chi connectivity index (χ2v) is 11.6. The molecule has 184 valence electrons. The summed E-state index contributed by atoms with van der Waals surface area (Å²) >= 11 is 0. The Kier molecular flexibility index (Phi) is 8.39. The fraction of sp³-hybridized carbons (Fsp3) is 0.667. The molecular weight excluding hydrogens is 442 g/mol. The van der Waals surface area contributed by atoms with Gasteiger partial charge in [0.15, 0.2) is 0 Å². The fourth-order valence-electron chi connectivity index (χ4n) is 4.21. The van der Waals surface area contributed by atoms with Gasteiger partial charge in [-0.1, -0.05) is 39.8 Å². The lowest BCUT2D eigenvalue weighted by molar-refractivity contribution is -0.138. The lowest BCUT2D eigenvalue weighted by atomic mass is 9.96. The van der Waals surface area contributed by atoms with Crippen molar-refractivity contribution in [1.29, 1.82) is 0 Å².